The Labute approximate surface area is 126 Å². The van der Waals surface area contributed by atoms with Crippen LogP contribution in [0.4, 0.5) is 0 Å². The van der Waals surface area contributed by atoms with E-state index < -0.39 is 0 Å². The molecule has 3 heteroatoms. The third-order valence-electron chi connectivity index (χ3n) is 4.50. The van der Waals surface area contributed by atoms with E-state index in [1.165, 1.54) is 17.4 Å². The first-order valence-corrected chi connectivity index (χ1v) is 7.96. The van der Waals surface area contributed by atoms with Crippen LogP contribution in [0, 0.1) is 11.8 Å². The maximum absolute atomic E-state index is 12.4. The zero-order chi connectivity index (χ0) is 14.8. The van der Waals surface area contributed by atoms with Crippen molar-refractivity contribution in [3.8, 4) is 0 Å². The van der Waals surface area contributed by atoms with Crippen LogP contribution in [0.25, 0.3) is 10.9 Å². The predicted molar refractivity (Wildman–Crippen MR) is 86.1 cm³/mol. The van der Waals surface area contributed by atoms with Crippen LogP contribution in [0.2, 0.25) is 0 Å². The van der Waals surface area contributed by atoms with Crippen LogP contribution in [-0.2, 0) is 11.2 Å². The number of nitrogens with zero attached hydrogens (tertiary/aromatic N) is 1. The van der Waals surface area contributed by atoms with Gasteiger partial charge < -0.3 is 9.88 Å². The Balaban J connectivity index is 1.63. The van der Waals surface area contributed by atoms with E-state index in [1.54, 1.807) is 0 Å². The Morgan fingerprint density at radius 2 is 1.95 bits per heavy atom. The molecule has 2 unspecified atom stereocenters. The van der Waals surface area contributed by atoms with Gasteiger partial charge in [-0.3, -0.25) is 4.79 Å². The highest BCUT2D eigenvalue weighted by Crippen LogP contribution is 2.23. The van der Waals surface area contributed by atoms with Crippen molar-refractivity contribution >= 4 is 16.8 Å². The van der Waals surface area contributed by atoms with Gasteiger partial charge in [0.2, 0.25) is 5.91 Å². The van der Waals surface area contributed by atoms with Crippen molar-refractivity contribution in [2.24, 2.45) is 11.8 Å². The van der Waals surface area contributed by atoms with Crippen molar-refractivity contribution in [1.29, 1.82) is 0 Å². The lowest BCUT2D eigenvalue weighted by atomic mass is 9.91. The van der Waals surface area contributed by atoms with Gasteiger partial charge >= 0.3 is 0 Å². The summed E-state index contributed by atoms with van der Waals surface area (Å²) in [5.74, 6) is 1.57. The number of H-pyrrole nitrogens is 1. The highest BCUT2D eigenvalue weighted by molar-refractivity contribution is 5.84. The summed E-state index contributed by atoms with van der Waals surface area (Å²) in [5, 5.41) is 1.24. The van der Waals surface area contributed by atoms with E-state index in [0.717, 1.165) is 25.0 Å². The molecule has 21 heavy (non-hydrogen) atoms. The summed E-state index contributed by atoms with van der Waals surface area (Å²) in [4.78, 5) is 17.8. The molecule has 3 rings (SSSR count). The van der Waals surface area contributed by atoms with E-state index in [0.29, 0.717) is 24.2 Å². The number of piperidine rings is 1. The number of carbonyl (C=O) groups excluding carboxylic acids is 1. The van der Waals surface area contributed by atoms with E-state index >= 15 is 0 Å². The van der Waals surface area contributed by atoms with Crippen molar-refractivity contribution in [2.45, 2.75) is 33.1 Å². The minimum Gasteiger partial charge on any atom is -0.361 e. The number of nitrogens with one attached hydrogen (secondary N) is 1. The zero-order valence-corrected chi connectivity index (χ0v) is 12.9. The molecule has 0 spiro atoms. The SMILES string of the molecule is CC1CC(C)CN(C(=O)CCc2c[nH]c3ccccc23)C1. The number of fused-ring (bicyclic) bond motifs is 1. The van der Waals surface area contributed by atoms with Crippen LogP contribution in [0.15, 0.2) is 30.5 Å². The van der Waals surface area contributed by atoms with Crippen LogP contribution in [0.1, 0.15) is 32.3 Å². The van der Waals surface area contributed by atoms with Gasteiger partial charge in [-0.2, -0.15) is 0 Å². The number of aromatic amines is 1. The van der Waals surface area contributed by atoms with Gasteiger partial charge in [-0.1, -0.05) is 32.0 Å². The highest BCUT2D eigenvalue weighted by Gasteiger charge is 2.25. The fourth-order valence-electron chi connectivity index (χ4n) is 3.60. The number of carbonyl (C=O) groups is 1. The average Bonchev–Trinajstić information content (AvgIpc) is 2.87. The summed E-state index contributed by atoms with van der Waals surface area (Å²) >= 11 is 0. The summed E-state index contributed by atoms with van der Waals surface area (Å²) in [7, 11) is 0. The molecule has 2 atom stereocenters. The molecule has 112 valence electrons. The summed E-state index contributed by atoms with van der Waals surface area (Å²) < 4.78 is 0. The number of hydrogen-bond donors (Lipinski definition) is 1. The Morgan fingerprint density at radius 3 is 2.71 bits per heavy atom. The van der Waals surface area contributed by atoms with E-state index in [-0.39, 0.29) is 0 Å². The van der Waals surface area contributed by atoms with Crippen molar-refractivity contribution in [3.05, 3.63) is 36.0 Å². The molecule has 1 amide bonds. The third kappa shape index (κ3) is 3.12. The molecule has 1 N–H and O–H groups in total. The van der Waals surface area contributed by atoms with E-state index in [9.17, 15) is 4.79 Å². The summed E-state index contributed by atoms with van der Waals surface area (Å²) in [6.45, 7) is 6.35. The number of amides is 1. The lowest BCUT2D eigenvalue weighted by Gasteiger charge is -2.35. The van der Waals surface area contributed by atoms with E-state index in [2.05, 4.69) is 41.9 Å². The number of likely N-dealkylation sites (tertiary alicyclic amines) is 1. The van der Waals surface area contributed by atoms with Gasteiger partial charge in [0.15, 0.2) is 0 Å². The first kappa shape index (κ1) is 14.2. The summed E-state index contributed by atoms with van der Waals surface area (Å²) in [6.07, 6.45) is 4.72. The standard InChI is InChI=1S/C18H24N2O/c1-13-9-14(2)12-20(11-13)18(21)8-7-15-10-19-17-6-4-3-5-16(15)17/h3-6,10,13-14,19H,7-9,11-12H2,1-2H3. The maximum atomic E-state index is 12.4. The molecule has 1 saturated heterocycles. The molecule has 1 aliphatic rings. The second-order valence-electron chi connectivity index (χ2n) is 6.60. The van der Waals surface area contributed by atoms with Crippen molar-refractivity contribution in [2.75, 3.05) is 13.1 Å². The van der Waals surface area contributed by atoms with E-state index in [1.807, 2.05) is 12.3 Å². The minimum atomic E-state index is 0.304. The van der Waals surface area contributed by atoms with Crippen LogP contribution >= 0.6 is 0 Å². The summed E-state index contributed by atoms with van der Waals surface area (Å²) in [5.41, 5.74) is 2.40. The Bertz CT molecular complexity index is 621. The predicted octanol–water partition coefficient (Wildman–Crippen LogP) is 3.61. The average molecular weight is 284 g/mol. The lowest BCUT2D eigenvalue weighted by molar-refractivity contribution is -0.133. The first-order valence-electron chi connectivity index (χ1n) is 7.96. The lowest BCUT2D eigenvalue weighted by Crippen LogP contribution is -2.42. The number of hydrogen-bond acceptors (Lipinski definition) is 1. The zero-order valence-electron chi connectivity index (χ0n) is 12.9. The first-order chi connectivity index (χ1) is 10.1. The van der Waals surface area contributed by atoms with Crippen molar-refractivity contribution in [1.82, 2.24) is 9.88 Å². The van der Waals surface area contributed by atoms with Crippen LogP contribution in [0.5, 0.6) is 0 Å². The number of benzene rings is 1. The number of aryl methyl sites for hydroxylation is 1. The Morgan fingerprint density at radius 1 is 1.24 bits per heavy atom. The molecule has 0 radical (unpaired) electrons. The molecule has 0 aliphatic carbocycles. The fourth-order valence-corrected chi connectivity index (χ4v) is 3.60. The number of para-hydroxylation sites is 1. The van der Waals surface area contributed by atoms with Gasteiger partial charge in [0.05, 0.1) is 0 Å². The molecule has 1 aromatic heterocycles. The van der Waals surface area contributed by atoms with Crippen LogP contribution in [0.3, 0.4) is 0 Å². The molecule has 1 aromatic carbocycles. The summed E-state index contributed by atoms with van der Waals surface area (Å²) in [6, 6.07) is 8.28. The van der Waals surface area contributed by atoms with Crippen LogP contribution in [-0.4, -0.2) is 28.9 Å². The molecule has 0 bridgehead atoms. The Kier molecular flexibility index (Phi) is 4.00. The largest absolute Gasteiger partial charge is 0.361 e. The molecule has 1 aliphatic heterocycles. The smallest absolute Gasteiger partial charge is 0.222 e. The van der Waals surface area contributed by atoms with Gasteiger partial charge in [0, 0.05) is 36.6 Å². The van der Waals surface area contributed by atoms with Crippen molar-refractivity contribution in [3.63, 3.8) is 0 Å². The number of aromatic nitrogens is 1. The second kappa shape index (κ2) is 5.92. The molecular weight excluding hydrogens is 260 g/mol. The van der Waals surface area contributed by atoms with Gasteiger partial charge in [0.25, 0.3) is 0 Å². The molecule has 2 heterocycles. The maximum Gasteiger partial charge on any atom is 0.222 e. The number of rotatable bonds is 3. The highest BCUT2D eigenvalue weighted by atomic mass is 16.2. The van der Waals surface area contributed by atoms with Gasteiger partial charge in [0.1, 0.15) is 0 Å². The van der Waals surface area contributed by atoms with Gasteiger partial charge in [-0.25, -0.2) is 0 Å². The van der Waals surface area contributed by atoms with Gasteiger partial charge in [-0.15, -0.1) is 0 Å². The molecule has 0 saturated carbocycles. The third-order valence-corrected chi connectivity index (χ3v) is 4.50. The minimum absolute atomic E-state index is 0.304. The van der Waals surface area contributed by atoms with Crippen molar-refractivity contribution < 1.29 is 4.79 Å². The normalized spacial score (nSPS) is 22.7. The second-order valence-corrected chi connectivity index (χ2v) is 6.60. The quantitative estimate of drug-likeness (QED) is 0.918. The van der Waals surface area contributed by atoms with E-state index in [4.69, 9.17) is 0 Å². The molecule has 3 nitrogen and oxygen atoms in total. The topological polar surface area (TPSA) is 36.1 Å². The van der Waals surface area contributed by atoms with Gasteiger partial charge in [-0.05, 0) is 36.3 Å². The molecular formula is C18H24N2O. The molecule has 2 aromatic rings. The van der Waals surface area contributed by atoms with Crippen LogP contribution < -0.4 is 0 Å². The monoisotopic (exact) mass is 284 g/mol. The molecule has 1 fully saturated rings. The fraction of sp³-hybridized carbons (Fsp3) is 0.500. The Hall–Kier alpha value is -1.77.